The Labute approximate surface area is 152 Å². The minimum Gasteiger partial charge on any atom is -0.378 e. The van der Waals surface area contributed by atoms with Crippen LogP contribution >= 0.6 is 11.5 Å². The zero-order chi connectivity index (χ0) is 18.7. The van der Waals surface area contributed by atoms with E-state index in [1.165, 1.54) is 6.07 Å². The van der Waals surface area contributed by atoms with Crippen molar-refractivity contribution in [2.75, 3.05) is 36.5 Å². The molecule has 2 heterocycles. The number of alkyl halides is 3. The van der Waals surface area contributed by atoms with Crippen LogP contribution in [-0.2, 0) is 17.3 Å². The Kier molecular flexibility index (Phi) is 5.42. The van der Waals surface area contributed by atoms with Crippen molar-refractivity contribution in [3.63, 3.8) is 0 Å². The third-order valence-corrected chi connectivity index (χ3v) is 4.79. The highest BCUT2D eigenvalue weighted by Crippen LogP contribution is 2.36. The van der Waals surface area contributed by atoms with Crippen molar-refractivity contribution in [3.8, 4) is 0 Å². The summed E-state index contributed by atoms with van der Waals surface area (Å²) in [6, 6.07) is 3.37. The molecule has 1 saturated heterocycles. The fraction of sp³-hybridized carbons (Fsp3) is 0.438. The summed E-state index contributed by atoms with van der Waals surface area (Å²) in [5, 5.41) is 6.47. The van der Waals surface area contributed by atoms with Gasteiger partial charge in [0.25, 0.3) is 5.91 Å². The first-order valence-electron chi connectivity index (χ1n) is 8.06. The molecular weight excluding hydrogens is 369 g/mol. The molecule has 26 heavy (non-hydrogen) atoms. The largest absolute Gasteiger partial charge is 0.416 e. The molecule has 0 atom stereocenters. The van der Waals surface area contributed by atoms with Crippen LogP contribution in [0.4, 0.5) is 24.5 Å². The Morgan fingerprint density at radius 1 is 1.35 bits per heavy atom. The highest BCUT2D eigenvalue weighted by Gasteiger charge is 2.32. The number of benzene rings is 1. The van der Waals surface area contributed by atoms with Crippen LogP contribution in [0.25, 0.3) is 0 Å². The number of ether oxygens (including phenoxy) is 1. The molecule has 1 aromatic heterocycles. The lowest BCUT2D eigenvalue weighted by molar-refractivity contribution is -0.137. The van der Waals surface area contributed by atoms with Gasteiger partial charge in [0.2, 0.25) is 0 Å². The Morgan fingerprint density at radius 2 is 2.08 bits per heavy atom. The van der Waals surface area contributed by atoms with Gasteiger partial charge < -0.3 is 15.0 Å². The molecule has 0 unspecified atom stereocenters. The fourth-order valence-corrected chi connectivity index (χ4v) is 3.33. The predicted octanol–water partition coefficient (Wildman–Crippen LogP) is 3.21. The fourth-order valence-electron chi connectivity index (χ4n) is 2.68. The molecule has 0 bridgehead atoms. The van der Waals surface area contributed by atoms with Gasteiger partial charge in [-0.05, 0) is 36.2 Å². The van der Waals surface area contributed by atoms with E-state index in [0.717, 1.165) is 23.7 Å². The maximum absolute atomic E-state index is 13.1. The first kappa shape index (κ1) is 18.6. The van der Waals surface area contributed by atoms with Gasteiger partial charge in [0.05, 0.1) is 35.8 Å². The Hall–Kier alpha value is -2.20. The molecule has 0 saturated carbocycles. The Morgan fingerprint density at radius 3 is 2.73 bits per heavy atom. The quantitative estimate of drug-likeness (QED) is 0.874. The van der Waals surface area contributed by atoms with Crippen molar-refractivity contribution < 1.29 is 22.7 Å². The average molecular weight is 386 g/mol. The van der Waals surface area contributed by atoms with E-state index in [-0.39, 0.29) is 5.69 Å². The SMILES string of the molecule is CCc1nnsc1C(=O)Nc1cc(C(F)(F)F)ccc1N1CCOCC1. The van der Waals surface area contributed by atoms with Crippen LogP contribution < -0.4 is 10.2 Å². The topological polar surface area (TPSA) is 67.4 Å². The summed E-state index contributed by atoms with van der Waals surface area (Å²) in [5.74, 6) is -0.509. The lowest BCUT2D eigenvalue weighted by Crippen LogP contribution is -2.36. The average Bonchev–Trinajstić information content (AvgIpc) is 3.10. The summed E-state index contributed by atoms with van der Waals surface area (Å²) in [7, 11) is 0. The molecule has 0 radical (unpaired) electrons. The first-order chi connectivity index (χ1) is 12.4. The molecule has 10 heteroatoms. The van der Waals surface area contributed by atoms with Gasteiger partial charge in [0, 0.05) is 13.1 Å². The maximum Gasteiger partial charge on any atom is 0.416 e. The van der Waals surface area contributed by atoms with Crippen LogP contribution in [0, 0.1) is 0 Å². The van der Waals surface area contributed by atoms with E-state index >= 15 is 0 Å². The van der Waals surface area contributed by atoms with Crippen molar-refractivity contribution in [1.82, 2.24) is 9.59 Å². The van der Waals surface area contributed by atoms with Gasteiger partial charge in [-0.1, -0.05) is 11.4 Å². The number of anilines is 2. The molecule has 1 amide bonds. The first-order valence-corrected chi connectivity index (χ1v) is 8.84. The molecule has 1 aliphatic rings. The molecule has 140 valence electrons. The highest BCUT2D eigenvalue weighted by molar-refractivity contribution is 7.08. The minimum atomic E-state index is -4.50. The number of morpholine rings is 1. The molecule has 1 fully saturated rings. The number of carbonyl (C=O) groups excluding carboxylic acids is 1. The number of aromatic nitrogens is 2. The molecule has 0 aliphatic carbocycles. The van der Waals surface area contributed by atoms with Gasteiger partial charge in [0.15, 0.2) is 0 Å². The third-order valence-electron chi connectivity index (χ3n) is 4.02. The lowest BCUT2D eigenvalue weighted by atomic mass is 10.1. The van der Waals surface area contributed by atoms with Crippen molar-refractivity contribution in [1.29, 1.82) is 0 Å². The van der Waals surface area contributed by atoms with E-state index in [4.69, 9.17) is 4.74 Å². The second-order valence-corrected chi connectivity index (χ2v) is 6.44. The van der Waals surface area contributed by atoms with Gasteiger partial charge in [-0.3, -0.25) is 4.79 Å². The second-order valence-electron chi connectivity index (χ2n) is 5.69. The van der Waals surface area contributed by atoms with Crippen molar-refractivity contribution in [2.45, 2.75) is 19.5 Å². The number of nitrogens with one attached hydrogen (secondary N) is 1. The van der Waals surface area contributed by atoms with E-state index in [0.29, 0.717) is 49.0 Å². The molecule has 1 aromatic carbocycles. The zero-order valence-corrected chi connectivity index (χ0v) is 14.8. The van der Waals surface area contributed by atoms with Gasteiger partial charge in [-0.15, -0.1) is 5.10 Å². The minimum absolute atomic E-state index is 0.113. The number of aryl methyl sites for hydroxylation is 1. The normalized spacial score (nSPS) is 15.2. The van der Waals surface area contributed by atoms with E-state index in [9.17, 15) is 18.0 Å². The summed E-state index contributed by atoms with van der Waals surface area (Å²) in [6.45, 7) is 3.87. The number of halogens is 3. The molecule has 3 rings (SSSR count). The standard InChI is InChI=1S/C16H17F3N4O2S/c1-2-11-14(26-22-21-11)15(24)20-12-9-10(16(17,18)19)3-4-13(12)23-5-7-25-8-6-23/h3-4,9H,2,5-8H2,1H3,(H,20,24). The summed E-state index contributed by atoms with van der Waals surface area (Å²) >= 11 is 0.924. The van der Waals surface area contributed by atoms with Gasteiger partial charge in [-0.25, -0.2) is 0 Å². The summed E-state index contributed by atoms with van der Waals surface area (Å²) < 4.78 is 48.4. The third kappa shape index (κ3) is 3.96. The molecule has 1 aliphatic heterocycles. The Bertz CT molecular complexity index is 788. The van der Waals surface area contributed by atoms with Crippen LogP contribution in [0.3, 0.4) is 0 Å². The number of hydrogen-bond acceptors (Lipinski definition) is 6. The van der Waals surface area contributed by atoms with E-state index < -0.39 is 17.6 Å². The van der Waals surface area contributed by atoms with Crippen LogP contribution in [0.15, 0.2) is 18.2 Å². The smallest absolute Gasteiger partial charge is 0.378 e. The number of carbonyl (C=O) groups is 1. The number of hydrogen-bond donors (Lipinski definition) is 1. The molecule has 2 aromatic rings. The number of rotatable bonds is 4. The van der Waals surface area contributed by atoms with Crippen LogP contribution in [0.2, 0.25) is 0 Å². The number of amides is 1. The van der Waals surface area contributed by atoms with Crippen LogP contribution in [0.5, 0.6) is 0 Å². The summed E-state index contributed by atoms with van der Waals surface area (Å²) in [5.41, 5.74) is 0.350. The lowest BCUT2D eigenvalue weighted by Gasteiger charge is -2.31. The summed E-state index contributed by atoms with van der Waals surface area (Å²) in [4.78, 5) is 14.7. The van der Waals surface area contributed by atoms with Crippen LogP contribution in [-0.4, -0.2) is 41.8 Å². The van der Waals surface area contributed by atoms with E-state index in [1.807, 2.05) is 11.8 Å². The monoisotopic (exact) mass is 386 g/mol. The van der Waals surface area contributed by atoms with Crippen molar-refractivity contribution in [2.24, 2.45) is 0 Å². The van der Waals surface area contributed by atoms with Gasteiger partial charge in [-0.2, -0.15) is 13.2 Å². The van der Waals surface area contributed by atoms with Crippen molar-refractivity contribution in [3.05, 3.63) is 34.3 Å². The second kappa shape index (κ2) is 7.58. The number of nitrogens with zero attached hydrogens (tertiary/aromatic N) is 3. The van der Waals surface area contributed by atoms with Crippen molar-refractivity contribution >= 4 is 28.8 Å². The van der Waals surface area contributed by atoms with Gasteiger partial charge >= 0.3 is 6.18 Å². The van der Waals surface area contributed by atoms with E-state index in [1.54, 1.807) is 0 Å². The molecule has 6 nitrogen and oxygen atoms in total. The van der Waals surface area contributed by atoms with Crippen LogP contribution in [0.1, 0.15) is 27.9 Å². The summed E-state index contributed by atoms with van der Waals surface area (Å²) in [6.07, 6.45) is -3.98. The molecule has 0 spiro atoms. The molecule has 1 N–H and O–H groups in total. The predicted molar refractivity (Wildman–Crippen MR) is 91.7 cm³/mol. The highest BCUT2D eigenvalue weighted by atomic mass is 32.1. The maximum atomic E-state index is 13.1. The Balaban J connectivity index is 1.95. The van der Waals surface area contributed by atoms with E-state index in [2.05, 4.69) is 14.9 Å². The molecular formula is C16H17F3N4O2S. The van der Waals surface area contributed by atoms with Gasteiger partial charge in [0.1, 0.15) is 4.88 Å². The zero-order valence-electron chi connectivity index (χ0n) is 14.0.